The fraction of sp³-hybridized carbons (Fsp3) is 0.538. The molecule has 0 aliphatic carbocycles. The maximum absolute atomic E-state index is 11.8. The van der Waals surface area contributed by atoms with Crippen LogP contribution >= 0.6 is 0 Å². The average molecular weight is 220 g/mol. The van der Waals surface area contributed by atoms with Gasteiger partial charge in [0.1, 0.15) is 0 Å². The van der Waals surface area contributed by atoms with Gasteiger partial charge in [-0.05, 0) is 30.9 Å². The van der Waals surface area contributed by atoms with Crippen molar-refractivity contribution in [2.45, 2.75) is 39.2 Å². The Morgan fingerprint density at radius 3 is 2.69 bits per heavy atom. The largest absolute Gasteiger partial charge is 0.321 e. The fourth-order valence-corrected chi connectivity index (χ4v) is 1.49. The Labute approximate surface area is 97.1 Å². The molecular weight excluding hydrogens is 200 g/mol. The van der Waals surface area contributed by atoms with E-state index in [1.165, 1.54) is 0 Å². The van der Waals surface area contributed by atoms with Crippen LogP contribution in [0.5, 0.6) is 0 Å². The summed E-state index contributed by atoms with van der Waals surface area (Å²) in [5.74, 6) is 0.674. The van der Waals surface area contributed by atoms with E-state index in [-0.39, 0.29) is 11.8 Å². The summed E-state index contributed by atoms with van der Waals surface area (Å²) in [5, 5.41) is 0. The second kappa shape index (κ2) is 6.38. The molecule has 3 heteroatoms. The second-order valence-electron chi connectivity index (χ2n) is 4.54. The highest BCUT2D eigenvalue weighted by molar-refractivity contribution is 5.85. The summed E-state index contributed by atoms with van der Waals surface area (Å²) >= 11 is 0. The number of nitrogens with two attached hydrogens (primary N) is 1. The lowest BCUT2D eigenvalue weighted by Gasteiger charge is -2.11. The number of carbonyl (C=O) groups is 1. The first-order valence-electron chi connectivity index (χ1n) is 5.77. The summed E-state index contributed by atoms with van der Waals surface area (Å²) in [7, 11) is 0. The molecule has 0 saturated heterocycles. The molecule has 0 amide bonds. The zero-order valence-electron chi connectivity index (χ0n) is 10.0. The Morgan fingerprint density at radius 2 is 2.12 bits per heavy atom. The normalized spacial score (nSPS) is 12.8. The Bertz CT molecular complexity index is 322. The van der Waals surface area contributed by atoms with Gasteiger partial charge in [0, 0.05) is 11.9 Å². The predicted molar refractivity (Wildman–Crippen MR) is 65.0 cm³/mol. The number of aromatic nitrogens is 1. The van der Waals surface area contributed by atoms with Gasteiger partial charge in [-0.15, -0.1) is 0 Å². The average Bonchev–Trinajstić information content (AvgIpc) is 2.27. The van der Waals surface area contributed by atoms with E-state index < -0.39 is 0 Å². The summed E-state index contributed by atoms with van der Waals surface area (Å²) in [6.07, 6.45) is 3.81. The lowest BCUT2D eigenvalue weighted by atomic mass is 9.99. The van der Waals surface area contributed by atoms with E-state index in [1.54, 1.807) is 6.20 Å². The molecule has 3 nitrogen and oxygen atoms in total. The monoisotopic (exact) mass is 220 g/mol. The second-order valence-corrected chi connectivity index (χ2v) is 4.54. The molecule has 1 rings (SSSR count). The number of nitrogens with zero attached hydrogens (tertiary/aromatic N) is 1. The minimum atomic E-state index is -0.343. The topological polar surface area (TPSA) is 56.0 Å². The zero-order valence-corrected chi connectivity index (χ0v) is 10.0. The summed E-state index contributed by atoms with van der Waals surface area (Å²) in [5.41, 5.74) is 6.63. The molecule has 1 heterocycles. The number of rotatable bonds is 6. The lowest BCUT2D eigenvalue weighted by molar-refractivity contribution is -0.119. The van der Waals surface area contributed by atoms with Crippen LogP contribution in [-0.4, -0.2) is 16.8 Å². The fourth-order valence-electron chi connectivity index (χ4n) is 1.49. The summed E-state index contributed by atoms with van der Waals surface area (Å²) in [6, 6.07) is 5.24. The zero-order chi connectivity index (χ0) is 12.0. The van der Waals surface area contributed by atoms with Crippen LogP contribution in [0.15, 0.2) is 24.4 Å². The highest BCUT2D eigenvalue weighted by atomic mass is 16.1. The van der Waals surface area contributed by atoms with Gasteiger partial charge >= 0.3 is 0 Å². The van der Waals surface area contributed by atoms with Crippen LogP contribution in [0.1, 0.15) is 32.4 Å². The number of carbonyl (C=O) groups excluding carboxylic acids is 1. The molecule has 0 bridgehead atoms. The Kier molecular flexibility index (Phi) is 5.12. The molecular formula is C13H20N2O. The Hall–Kier alpha value is -1.22. The van der Waals surface area contributed by atoms with Gasteiger partial charge in [-0.2, -0.15) is 0 Å². The summed E-state index contributed by atoms with van der Waals surface area (Å²) < 4.78 is 0. The number of hydrogen-bond acceptors (Lipinski definition) is 3. The molecule has 88 valence electrons. The van der Waals surface area contributed by atoms with Crippen molar-refractivity contribution in [3.63, 3.8) is 0 Å². The molecule has 0 saturated carbocycles. The van der Waals surface area contributed by atoms with Gasteiger partial charge in [-0.3, -0.25) is 9.78 Å². The minimum absolute atomic E-state index is 0.0827. The van der Waals surface area contributed by atoms with Crippen molar-refractivity contribution in [1.82, 2.24) is 4.98 Å². The number of Topliss-reactive ketones (excluding diaryl/α,β-unsaturated/α-hetero) is 1. The van der Waals surface area contributed by atoms with Crippen LogP contribution in [0, 0.1) is 5.92 Å². The van der Waals surface area contributed by atoms with Crippen LogP contribution in [0.2, 0.25) is 0 Å². The van der Waals surface area contributed by atoms with Gasteiger partial charge in [0.05, 0.1) is 12.5 Å². The maximum atomic E-state index is 11.8. The Morgan fingerprint density at radius 1 is 1.38 bits per heavy atom. The first-order valence-corrected chi connectivity index (χ1v) is 5.77. The van der Waals surface area contributed by atoms with Gasteiger partial charge in [0.25, 0.3) is 0 Å². The van der Waals surface area contributed by atoms with Crippen LogP contribution in [0.3, 0.4) is 0 Å². The molecule has 0 radical (unpaired) electrons. The van der Waals surface area contributed by atoms with Crippen LogP contribution in [-0.2, 0) is 11.2 Å². The third kappa shape index (κ3) is 4.53. The number of hydrogen-bond donors (Lipinski definition) is 1. The standard InChI is InChI=1S/C13H20N2O/c1-10(2)6-7-12(14)13(16)9-11-5-3-4-8-15-11/h3-5,8,10,12H,6-7,9,14H2,1-2H3. The van der Waals surface area contributed by atoms with E-state index in [4.69, 9.17) is 5.73 Å². The molecule has 1 atom stereocenters. The van der Waals surface area contributed by atoms with E-state index in [1.807, 2.05) is 18.2 Å². The molecule has 1 aromatic rings. The summed E-state index contributed by atoms with van der Waals surface area (Å²) in [4.78, 5) is 15.9. The lowest BCUT2D eigenvalue weighted by Crippen LogP contribution is -2.32. The Balaban J connectivity index is 2.40. The van der Waals surface area contributed by atoms with E-state index in [0.29, 0.717) is 12.3 Å². The molecule has 0 spiro atoms. The third-order valence-corrected chi connectivity index (χ3v) is 2.55. The quantitative estimate of drug-likeness (QED) is 0.797. The van der Waals surface area contributed by atoms with Crippen molar-refractivity contribution in [3.05, 3.63) is 30.1 Å². The van der Waals surface area contributed by atoms with Gasteiger partial charge < -0.3 is 5.73 Å². The predicted octanol–water partition coefficient (Wildman–Crippen LogP) is 1.96. The van der Waals surface area contributed by atoms with E-state index in [2.05, 4.69) is 18.8 Å². The molecule has 2 N–H and O–H groups in total. The third-order valence-electron chi connectivity index (χ3n) is 2.55. The first-order chi connectivity index (χ1) is 7.59. The van der Waals surface area contributed by atoms with E-state index in [0.717, 1.165) is 18.5 Å². The number of ketones is 1. The first kappa shape index (κ1) is 12.8. The maximum Gasteiger partial charge on any atom is 0.155 e. The van der Waals surface area contributed by atoms with Crippen LogP contribution in [0.25, 0.3) is 0 Å². The molecule has 0 aliphatic heterocycles. The van der Waals surface area contributed by atoms with Crippen molar-refractivity contribution in [1.29, 1.82) is 0 Å². The molecule has 1 aromatic heterocycles. The minimum Gasteiger partial charge on any atom is -0.321 e. The van der Waals surface area contributed by atoms with Crippen molar-refractivity contribution in [3.8, 4) is 0 Å². The van der Waals surface area contributed by atoms with Gasteiger partial charge in [0.15, 0.2) is 5.78 Å². The van der Waals surface area contributed by atoms with Crippen molar-refractivity contribution >= 4 is 5.78 Å². The van der Waals surface area contributed by atoms with Gasteiger partial charge in [-0.1, -0.05) is 19.9 Å². The molecule has 0 fully saturated rings. The highest BCUT2D eigenvalue weighted by Crippen LogP contribution is 2.07. The van der Waals surface area contributed by atoms with Crippen molar-refractivity contribution < 1.29 is 4.79 Å². The van der Waals surface area contributed by atoms with Crippen LogP contribution < -0.4 is 5.73 Å². The number of pyridine rings is 1. The van der Waals surface area contributed by atoms with Gasteiger partial charge in [0.2, 0.25) is 0 Å². The molecule has 0 aliphatic rings. The van der Waals surface area contributed by atoms with Crippen molar-refractivity contribution in [2.24, 2.45) is 11.7 Å². The SMILES string of the molecule is CC(C)CCC(N)C(=O)Cc1ccccn1. The van der Waals surface area contributed by atoms with Crippen LogP contribution in [0.4, 0.5) is 0 Å². The van der Waals surface area contributed by atoms with E-state index in [9.17, 15) is 4.79 Å². The molecule has 16 heavy (non-hydrogen) atoms. The van der Waals surface area contributed by atoms with Gasteiger partial charge in [-0.25, -0.2) is 0 Å². The van der Waals surface area contributed by atoms with E-state index >= 15 is 0 Å². The summed E-state index contributed by atoms with van der Waals surface area (Å²) in [6.45, 7) is 4.27. The highest BCUT2D eigenvalue weighted by Gasteiger charge is 2.14. The molecule has 0 aromatic carbocycles. The molecule has 1 unspecified atom stereocenters. The van der Waals surface area contributed by atoms with Crippen molar-refractivity contribution in [2.75, 3.05) is 0 Å². The smallest absolute Gasteiger partial charge is 0.155 e.